The minimum absolute atomic E-state index is 0.160. The first-order valence-corrected chi connectivity index (χ1v) is 7.42. The van der Waals surface area contributed by atoms with Gasteiger partial charge in [-0.25, -0.2) is 9.97 Å². The fourth-order valence-corrected chi connectivity index (χ4v) is 2.19. The number of carbonyl (C=O) groups is 1. The van der Waals surface area contributed by atoms with Crippen LogP contribution < -0.4 is 10.6 Å². The van der Waals surface area contributed by atoms with Crippen LogP contribution in [0, 0.1) is 0 Å². The Labute approximate surface area is 132 Å². The first-order chi connectivity index (χ1) is 10.0. The average Bonchev–Trinajstić information content (AvgIpc) is 2.46. The second-order valence-electron chi connectivity index (χ2n) is 4.86. The molecule has 0 atom stereocenters. The normalized spacial score (nSPS) is 10.5. The smallest absolute Gasteiger partial charge is 0.276 e. The van der Waals surface area contributed by atoms with Gasteiger partial charge in [0, 0.05) is 23.1 Å². The van der Waals surface area contributed by atoms with Crippen molar-refractivity contribution in [3.63, 3.8) is 0 Å². The Balaban J connectivity index is 2.31. The Morgan fingerprint density at radius 3 is 2.71 bits per heavy atom. The molecule has 0 bridgehead atoms. The summed E-state index contributed by atoms with van der Waals surface area (Å²) in [5.41, 5.74) is 1.66. The molecule has 1 heterocycles. The number of carbonyl (C=O) groups excluding carboxylic acids is 1. The zero-order valence-corrected chi connectivity index (χ0v) is 13.7. The minimum Gasteiger partial charge on any atom is -0.385 e. The van der Waals surface area contributed by atoms with Gasteiger partial charge in [0.1, 0.15) is 5.82 Å². The summed E-state index contributed by atoms with van der Waals surface area (Å²) in [6, 6.07) is 7.42. The second-order valence-corrected chi connectivity index (χ2v) is 5.78. The number of nitrogens with zero attached hydrogens (tertiary/aromatic N) is 2. The zero-order chi connectivity index (χ0) is 15.4. The molecule has 0 aliphatic heterocycles. The number of benzene rings is 1. The third kappa shape index (κ3) is 3.78. The zero-order valence-electron chi connectivity index (χ0n) is 12.1. The highest BCUT2D eigenvalue weighted by Gasteiger charge is 2.16. The summed E-state index contributed by atoms with van der Waals surface area (Å²) in [6.07, 6.45) is 1.64. The van der Waals surface area contributed by atoms with E-state index in [9.17, 15) is 4.79 Å². The molecule has 0 radical (unpaired) electrons. The van der Waals surface area contributed by atoms with Crippen molar-refractivity contribution in [2.24, 2.45) is 0 Å². The summed E-state index contributed by atoms with van der Waals surface area (Å²) < 4.78 is 0.902. The predicted octanol–water partition coefficient (Wildman–Crippen LogP) is 3.66. The minimum atomic E-state index is -0.262. The van der Waals surface area contributed by atoms with E-state index in [1.54, 1.807) is 13.2 Å². The van der Waals surface area contributed by atoms with Gasteiger partial charge in [0.15, 0.2) is 5.69 Å². The molecule has 0 aliphatic carbocycles. The van der Waals surface area contributed by atoms with Crippen molar-refractivity contribution in [1.29, 1.82) is 0 Å². The summed E-state index contributed by atoms with van der Waals surface area (Å²) in [5, 5.41) is 5.79. The predicted molar refractivity (Wildman–Crippen MR) is 87.8 cm³/mol. The van der Waals surface area contributed by atoms with Crippen LogP contribution in [-0.2, 0) is 0 Å². The molecular formula is C15H17BrN4O. The number of amides is 1. The molecule has 21 heavy (non-hydrogen) atoms. The van der Waals surface area contributed by atoms with Gasteiger partial charge < -0.3 is 10.6 Å². The molecular weight excluding hydrogens is 332 g/mol. The number of nitrogens with one attached hydrogen (secondary N) is 2. The Bertz CT molecular complexity index is 658. The van der Waals surface area contributed by atoms with E-state index < -0.39 is 0 Å². The number of halogens is 1. The van der Waals surface area contributed by atoms with E-state index in [4.69, 9.17) is 0 Å². The maximum atomic E-state index is 12.4. The Hall–Kier alpha value is -1.95. The van der Waals surface area contributed by atoms with Crippen molar-refractivity contribution in [2.75, 3.05) is 17.7 Å². The van der Waals surface area contributed by atoms with Gasteiger partial charge in [-0.1, -0.05) is 35.8 Å². The van der Waals surface area contributed by atoms with Crippen LogP contribution in [0.25, 0.3) is 0 Å². The quantitative estimate of drug-likeness (QED) is 0.884. The molecule has 1 aromatic heterocycles. The van der Waals surface area contributed by atoms with Crippen molar-refractivity contribution in [2.45, 2.75) is 19.8 Å². The standard InChI is InChI=1S/C15H17BrN4O/c1-9(2)14-18-8-12(17-3)13(20-14)15(21)19-11-6-4-5-10(16)7-11/h4-9,17H,1-3H3,(H,19,21). The Kier molecular flexibility index (Phi) is 4.90. The molecule has 2 N–H and O–H groups in total. The first kappa shape index (κ1) is 15.4. The molecule has 6 heteroatoms. The second kappa shape index (κ2) is 6.67. The molecule has 110 valence electrons. The monoisotopic (exact) mass is 348 g/mol. The van der Waals surface area contributed by atoms with E-state index in [-0.39, 0.29) is 11.8 Å². The summed E-state index contributed by atoms with van der Waals surface area (Å²) in [4.78, 5) is 21.0. The van der Waals surface area contributed by atoms with Crippen molar-refractivity contribution in [3.8, 4) is 0 Å². The molecule has 0 saturated heterocycles. The topological polar surface area (TPSA) is 66.9 Å². The Morgan fingerprint density at radius 1 is 1.33 bits per heavy atom. The van der Waals surface area contributed by atoms with E-state index in [1.165, 1.54) is 0 Å². The largest absolute Gasteiger partial charge is 0.385 e. The maximum Gasteiger partial charge on any atom is 0.276 e. The molecule has 2 aromatic rings. The molecule has 0 saturated carbocycles. The van der Waals surface area contributed by atoms with Gasteiger partial charge in [-0.2, -0.15) is 0 Å². The van der Waals surface area contributed by atoms with Gasteiger partial charge in [0.05, 0.1) is 11.9 Å². The van der Waals surface area contributed by atoms with E-state index in [0.717, 1.165) is 4.47 Å². The van der Waals surface area contributed by atoms with Crippen molar-refractivity contribution in [1.82, 2.24) is 9.97 Å². The molecule has 1 aromatic carbocycles. The number of rotatable bonds is 4. The molecule has 2 rings (SSSR count). The third-order valence-corrected chi connectivity index (χ3v) is 3.38. The molecule has 5 nitrogen and oxygen atoms in total. The highest BCUT2D eigenvalue weighted by atomic mass is 79.9. The fourth-order valence-electron chi connectivity index (χ4n) is 1.79. The van der Waals surface area contributed by atoms with Crippen molar-refractivity contribution < 1.29 is 4.79 Å². The van der Waals surface area contributed by atoms with Gasteiger partial charge in [-0.15, -0.1) is 0 Å². The van der Waals surface area contributed by atoms with E-state index in [1.807, 2.05) is 38.1 Å². The molecule has 1 amide bonds. The summed E-state index contributed by atoms with van der Waals surface area (Å²) in [7, 11) is 1.74. The van der Waals surface area contributed by atoms with E-state index >= 15 is 0 Å². The lowest BCUT2D eigenvalue weighted by Crippen LogP contribution is -2.17. The van der Waals surface area contributed by atoms with Crippen LogP contribution in [0.1, 0.15) is 36.1 Å². The number of hydrogen-bond acceptors (Lipinski definition) is 4. The van der Waals surface area contributed by atoms with Crippen molar-refractivity contribution >= 4 is 33.2 Å². The number of anilines is 2. The maximum absolute atomic E-state index is 12.4. The molecule has 0 fully saturated rings. The fraction of sp³-hybridized carbons (Fsp3) is 0.267. The van der Waals surface area contributed by atoms with Crippen LogP contribution in [0.4, 0.5) is 11.4 Å². The number of hydrogen-bond donors (Lipinski definition) is 2. The SMILES string of the molecule is CNc1cnc(C(C)C)nc1C(=O)Nc1cccc(Br)c1. The molecule has 0 unspecified atom stereocenters. The van der Waals surface area contributed by atoms with Gasteiger partial charge in [0.2, 0.25) is 0 Å². The average molecular weight is 349 g/mol. The summed E-state index contributed by atoms with van der Waals surface area (Å²) in [5.74, 6) is 0.545. The van der Waals surface area contributed by atoms with Crippen molar-refractivity contribution in [3.05, 3.63) is 46.5 Å². The lowest BCUT2D eigenvalue weighted by Gasteiger charge is -2.11. The van der Waals surface area contributed by atoms with Gasteiger partial charge in [0.25, 0.3) is 5.91 Å². The third-order valence-electron chi connectivity index (χ3n) is 2.89. The molecule has 0 aliphatic rings. The highest BCUT2D eigenvalue weighted by molar-refractivity contribution is 9.10. The summed E-state index contributed by atoms with van der Waals surface area (Å²) in [6.45, 7) is 3.98. The van der Waals surface area contributed by atoms with Gasteiger partial charge >= 0.3 is 0 Å². The summed E-state index contributed by atoms with van der Waals surface area (Å²) >= 11 is 3.38. The van der Waals surface area contributed by atoms with Crippen LogP contribution in [-0.4, -0.2) is 22.9 Å². The molecule has 0 spiro atoms. The van der Waals surface area contributed by atoms with Gasteiger partial charge in [-0.3, -0.25) is 4.79 Å². The van der Waals surface area contributed by atoms with E-state index in [0.29, 0.717) is 22.9 Å². The van der Waals surface area contributed by atoms with E-state index in [2.05, 4.69) is 36.5 Å². The lowest BCUT2D eigenvalue weighted by molar-refractivity contribution is 0.102. The van der Waals surface area contributed by atoms with Crippen LogP contribution in [0.15, 0.2) is 34.9 Å². The van der Waals surface area contributed by atoms with Crippen LogP contribution in [0.3, 0.4) is 0 Å². The number of aromatic nitrogens is 2. The first-order valence-electron chi connectivity index (χ1n) is 6.63. The van der Waals surface area contributed by atoms with Crippen LogP contribution >= 0.6 is 15.9 Å². The highest BCUT2D eigenvalue weighted by Crippen LogP contribution is 2.19. The van der Waals surface area contributed by atoms with Crippen LogP contribution in [0.2, 0.25) is 0 Å². The lowest BCUT2D eigenvalue weighted by atomic mass is 10.2. The van der Waals surface area contributed by atoms with Crippen LogP contribution in [0.5, 0.6) is 0 Å². The Morgan fingerprint density at radius 2 is 2.10 bits per heavy atom. The van der Waals surface area contributed by atoms with Gasteiger partial charge in [-0.05, 0) is 18.2 Å².